The van der Waals surface area contributed by atoms with E-state index in [1.165, 1.54) is 60.7 Å². The fourth-order valence-electron chi connectivity index (χ4n) is 4.47. The maximum atomic E-state index is 13.7. The summed E-state index contributed by atoms with van der Waals surface area (Å²) in [5.74, 6) is -2.37. The fourth-order valence-corrected chi connectivity index (χ4v) is 4.47. The van der Waals surface area contributed by atoms with Crippen LogP contribution < -0.4 is 4.74 Å². The second-order valence-electron chi connectivity index (χ2n) is 8.87. The number of hydrogen-bond donors (Lipinski definition) is 5. The minimum atomic E-state index is -0.984. The summed E-state index contributed by atoms with van der Waals surface area (Å²) < 4.78 is 6.16. The summed E-state index contributed by atoms with van der Waals surface area (Å²) >= 11 is 0. The molecular formula is C30H22O8. The van der Waals surface area contributed by atoms with Crippen LogP contribution in [0.4, 0.5) is 0 Å². The third-order valence-electron chi connectivity index (χ3n) is 6.35. The molecule has 2 unspecified atom stereocenters. The smallest absolute Gasteiger partial charge is 0.189 e. The molecule has 0 aromatic heterocycles. The molecule has 1 aliphatic heterocycles. The van der Waals surface area contributed by atoms with Crippen molar-refractivity contribution in [1.82, 2.24) is 0 Å². The molecule has 8 heteroatoms. The van der Waals surface area contributed by atoms with E-state index >= 15 is 0 Å². The number of ketones is 2. The largest absolute Gasteiger partial charge is 0.508 e. The maximum absolute atomic E-state index is 13.7. The number of benzene rings is 4. The van der Waals surface area contributed by atoms with Crippen molar-refractivity contribution < 1.29 is 39.9 Å². The van der Waals surface area contributed by atoms with Crippen molar-refractivity contribution in [2.24, 2.45) is 0 Å². The Morgan fingerprint density at radius 1 is 0.737 bits per heavy atom. The molecule has 0 fully saturated rings. The number of rotatable bonds is 5. The standard InChI is InChI=1S/C30H22O8/c31-18-5-3-17(4-6-18)30-28(29(37)22-10-8-20(33)15-27(22)38-30)23-13-16(2-12-25(23)35)1-11-24(34)21-9-7-19(32)14-26(21)36/h1-15,28,30-33,35-36H. The molecule has 5 N–H and O–H groups in total. The van der Waals surface area contributed by atoms with Gasteiger partial charge in [0.2, 0.25) is 0 Å². The highest BCUT2D eigenvalue weighted by Gasteiger charge is 2.40. The van der Waals surface area contributed by atoms with Crippen molar-refractivity contribution in [2.75, 3.05) is 0 Å². The molecule has 4 aromatic rings. The summed E-state index contributed by atoms with van der Waals surface area (Å²) in [5.41, 5.74) is 1.56. The zero-order chi connectivity index (χ0) is 27.0. The Labute approximate surface area is 217 Å². The Bertz CT molecular complexity index is 1590. The van der Waals surface area contributed by atoms with E-state index in [9.17, 15) is 35.1 Å². The van der Waals surface area contributed by atoms with Gasteiger partial charge in [-0.05, 0) is 65.7 Å². The molecule has 190 valence electrons. The van der Waals surface area contributed by atoms with Gasteiger partial charge in [-0.1, -0.05) is 24.3 Å². The van der Waals surface area contributed by atoms with E-state index in [1.54, 1.807) is 24.3 Å². The van der Waals surface area contributed by atoms with Crippen molar-refractivity contribution in [3.05, 3.63) is 113 Å². The number of ether oxygens (including phenoxy) is 1. The topological polar surface area (TPSA) is 145 Å². The highest BCUT2D eigenvalue weighted by Crippen LogP contribution is 2.47. The Morgan fingerprint density at radius 2 is 1.42 bits per heavy atom. The summed E-state index contributed by atoms with van der Waals surface area (Å²) in [6.45, 7) is 0. The highest BCUT2D eigenvalue weighted by atomic mass is 16.5. The van der Waals surface area contributed by atoms with Gasteiger partial charge in [0.15, 0.2) is 11.6 Å². The van der Waals surface area contributed by atoms with Gasteiger partial charge in [0.05, 0.1) is 17.0 Å². The Hall–Kier alpha value is -5.24. The third kappa shape index (κ3) is 4.62. The summed E-state index contributed by atoms with van der Waals surface area (Å²) in [5, 5.41) is 49.9. The van der Waals surface area contributed by atoms with Gasteiger partial charge >= 0.3 is 0 Å². The van der Waals surface area contributed by atoms with Crippen LogP contribution in [0.15, 0.2) is 84.9 Å². The van der Waals surface area contributed by atoms with Gasteiger partial charge in [-0.3, -0.25) is 9.59 Å². The average molecular weight is 510 g/mol. The fraction of sp³-hybridized carbons (Fsp3) is 0.0667. The van der Waals surface area contributed by atoms with Gasteiger partial charge in [-0.2, -0.15) is 0 Å². The number of carbonyl (C=O) groups is 2. The van der Waals surface area contributed by atoms with Gasteiger partial charge in [0.25, 0.3) is 0 Å². The van der Waals surface area contributed by atoms with Crippen molar-refractivity contribution in [3.8, 4) is 34.5 Å². The summed E-state index contributed by atoms with van der Waals surface area (Å²) in [6, 6.07) is 18.5. The van der Waals surface area contributed by atoms with Crippen LogP contribution in [-0.2, 0) is 0 Å². The number of carbonyl (C=O) groups excluding carboxylic acids is 2. The number of Topliss-reactive ketones (excluding diaryl/α,β-unsaturated/α-hetero) is 1. The lowest BCUT2D eigenvalue weighted by atomic mass is 9.80. The van der Waals surface area contributed by atoms with Gasteiger partial charge in [0, 0.05) is 17.7 Å². The number of allylic oxidation sites excluding steroid dienone is 1. The molecule has 0 saturated heterocycles. The molecule has 0 radical (unpaired) electrons. The van der Waals surface area contributed by atoms with Crippen LogP contribution in [0.5, 0.6) is 34.5 Å². The molecule has 1 aliphatic rings. The van der Waals surface area contributed by atoms with Gasteiger partial charge in [0.1, 0.15) is 40.6 Å². The first kappa shape index (κ1) is 24.5. The molecule has 2 atom stereocenters. The molecule has 38 heavy (non-hydrogen) atoms. The van der Waals surface area contributed by atoms with E-state index in [-0.39, 0.29) is 57.0 Å². The number of aromatic hydroxyl groups is 5. The summed E-state index contributed by atoms with van der Waals surface area (Å²) in [4.78, 5) is 26.3. The van der Waals surface area contributed by atoms with Crippen molar-refractivity contribution >= 4 is 17.6 Å². The third-order valence-corrected chi connectivity index (χ3v) is 6.35. The maximum Gasteiger partial charge on any atom is 0.189 e. The SMILES string of the molecule is O=C(C=Cc1ccc(O)c(C2C(=O)c3ccc(O)cc3OC2c2ccc(O)cc2)c1)c1ccc(O)cc1O. The summed E-state index contributed by atoms with van der Waals surface area (Å²) in [7, 11) is 0. The predicted molar refractivity (Wildman–Crippen MR) is 138 cm³/mol. The van der Waals surface area contributed by atoms with Crippen LogP contribution in [0.1, 0.15) is 49.4 Å². The molecule has 0 aliphatic carbocycles. The van der Waals surface area contributed by atoms with Crippen LogP contribution in [0.3, 0.4) is 0 Å². The molecule has 4 aromatic carbocycles. The first-order valence-corrected chi connectivity index (χ1v) is 11.6. The van der Waals surface area contributed by atoms with Crippen LogP contribution in [0.25, 0.3) is 6.08 Å². The summed E-state index contributed by atoms with van der Waals surface area (Å²) in [6.07, 6.45) is 1.82. The van der Waals surface area contributed by atoms with Crippen LogP contribution in [0.2, 0.25) is 0 Å². The minimum Gasteiger partial charge on any atom is -0.508 e. The quantitative estimate of drug-likeness (QED) is 0.182. The molecule has 8 nitrogen and oxygen atoms in total. The first-order valence-electron chi connectivity index (χ1n) is 11.6. The van der Waals surface area contributed by atoms with Crippen LogP contribution in [0, 0.1) is 0 Å². The van der Waals surface area contributed by atoms with E-state index in [2.05, 4.69) is 0 Å². The molecule has 0 amide bonds. The van der Waals surface area contributed by atoms with Crippen molar-refractivity contribution in [1.29, 1.82) is 0 Å². The van der Waals surface area contributed by atoms with E-state index in [4.69, 9.17) is 4.74 Å². The Balaban J connectivity index is 1.55. The van der Waals surface area contributed by atoms with Crippen molar-refractivity contribution in [3.63, 3.8) is 0 Å². The molecule has 0 spiro atoms. The van der Waals surface area contributed by atoms with E-state index in [0.717, 1.165) is 6.07 Å². The highest BCUT2D eigenvalue weighted by molar-refractivity contribution is 6.09. The normalized spacial score (nSPS) is 16.7. The first-order chi connectivity index (χ1) is 18.2. The Kier molecular flexibility index (Phi) is 6.22. The number of hydrogen-bond acceptors (Lipinski definition) is 8. The van der Waals surface area contributed by atoms with Gasteiger partial charge in [-0.25, -0.2) is 0 Å². The monoisotopic (exact) mass is 510 g/mol. The van der Waals surface area contributed by atoms with Gasteiger partial charge < -0.3 is 30.3 Å². The number of phenols is 5. The van der Waals surface area contributed by atoms with Gasteiger partial charge in [-0.15, -0.1) is 0 Å². The Morgan fingerprint density at radius 3 is 2.16 bits per heavy atom. The zero-order valence-electron chi connectivity index (χ0n) is 19.8. The van der Waals surface area contributed by atoms with E-state index < -0.39 is 17.8 Å². The minimum absolute atomic E-state index is 0.00108. The van der Waals surface area contributed by atoms with Crippen LogP contribution >= 0.6 is 0 Å². The lowest BCUT2D eigenvalue weighted by molar-refractivity contribution is 0.0777. The molecule has 0 saturated carbocycles. The molecule has 1 heterocycles. The lowest BCUT2D eigenvalue weighted by Gasteiger charge is -2.33. The lowest BCUT2D eigenvalue weighted by Crippen LogP contribution is -2.30. The predicted octanol–water partition coefficient (Wildman–Crippen LogP) is 5.21. The van der Waals surface area contributed by atoms with Crippen molar-refractivity contribution in [2.45, 2.75) is 12.0 Å². The second-order valence-corrected chi connectivity index (χ2v) is 8.87. The molecule has 0 bridgehead atoms. The average Bonchev–Trinajstić information content (AvgIpc) is 2.88. The molecule has 5 rings (SSSR count). The molecular weight excluding hydrogens is 488 g/mol. The zero-order valence-corrected chi connectivity index (χ0v) is 19.8. The van der Waals surface area contributed by atoms with E-state index in [0.29, 0.717) is 11.1 Å². The number of phenolic OH excluding ortho intramolecular Hbond substituents is 5. The van der Waals surface area contributed by atoms with E-state index in [1.807, 2.05) is 0 Å². The second kappa shape index (κ2) is 9.67. The number of fused-ring (bicyclic) bond motifs is 1. The van der Waals surface area contributed by atoms with Crippen LogP contribution in [-0.4, -0.2) is 37.1 Å².